The fourth-order valence-corrected chi connectivity index (χ4v) is 3.49. The minimum Gasteiger partial charge on any atom is -0.376 e. The van der Waals surface area contributed by atoms with Crippen LogP contribution >= 0.6 is 22.9 Å². The molecule has 0 spiro atoms. The summed E-state index contributed by atoms with van der Waals surface area (Å²) in [6.07, 6.45) is 2.18. The maximum atomic E-state index is 11.9. The van der Waals surface area contributed by atoms with E-state index in [1.54, 1.807) is 11.8 Å². The molecule has 0 bridgehead atoms. The Balaban J connectivity index is 1.80. The van der Waals surface area contributed by atoms with Gasteiger partial charge in [0.1, 0.15) is 0 Å². The second-order valence-corrected chi connectivity index (χ2v) is 6.56. The molecule has 0 aliphatic carbocycles. The third-order valence-electron chi connectivity index (χ3n) is 3.65. The Bertz CT molecular complexity index is 650. The van der Waals surface area contributed by atoms with Gasteiger partial charge in [0.25, 0.3) is 0 Å². The van der Waals surface area contributed by atoms with E-state index in [1.807, 2.05) is 29.6 Å². The number of anilines is 1. The summed E-state index contributed by atoms with van der Waals surface area (Å²) in [5.41, 5.74) is 1.85. The first kappa shape index (κ1) is 15.5. The fourth-order valence-electron chi connectivity index (χ4n) is 2.47. The van der Waals surface area contributed by atoms with Crippen LogP contribution < -0.4 is 4.90 Å². The van der Waals surface area contributed by atoms with E-state index < -0.39 is 0 Å². The fraction of sp³-hybridized carbons (Fsp3) is 0.375. The van der Waals surface area contributed by atoms with E-state index >= 15 is 0 Å². The number of nitrogens with zero attached hydrogens (tertiary/aromatic N) is 2. The summed E-state index contributed by atoms with van der Waals surface area (Å²) in [7, 11) is 0. The average molecular weight is 337 g/mol. The van der Waals surface area contributed by atoms with E-state index in [-0.39, 0.29) is 12.0 Å². The normalized spacial score (nSPS) is 17.6. The Morgan fingerprint density at radius 2 is 2.23 bits per heavy atom. The van der Waals surface area contributed by atoms with Crippen LogP contribution in [-0.2, 0) is 9.53 Å². The first-order valence-corrected chi connectivity index (χ1v) is 8.50. The summed E-state index contributed by atoms with van der Waals surface area (Å²) in [5, 5.41) is 3.38. The smallest absolute Gasteiger partial charge is 0.225 e. The highest BCUT2D eigenvalue weighted by molar-refractivity contribution is 7.14. The van der Waals surface area contributed by atoms with Crippen molar-refractivity contribution in [2.45, 2.75) is 25.9 Å². The molecule has 0 radical (unpaired) electrons. The lowest BCUT2D eigenvalue weighted by Gasteiger charge is -2.21. The third-order valence-corrected chi connectivity index (χ3v) is 4.77. The molecule has 22 heavy (non-hydrogen) atoms. The highest BCUT2D eigenvalue weighted by Crippen LogP contribution is 2.29. The van der Waals surface area contributed by atoms with E-state index in [9.17, 15) is 4.79 Å². The SMILES string of the molecule is CC(=O)N(CC1CCCO1)c1nc(-c2ccc(Cl)cc2)cs1. The molecule has 1 atom stereocenters. The standard InChI is InChI=1S/C16H17ClN2O2S/c1-11(20)19(9-14-3-2-8-21-14)16-18-15(10-22-16)12-4-6-13(17)7-5-12/h4-7,10,14H,2-3,8-9H2,1H3. The molecule has 1 amide bonds. The van der Waals surface area contributed by atoms with Crippen LogP contribution in [0.2, 0.25) is 5.02 Å². The predicted molar refractivity (Wildman–Crippen MR) is 89.6 cm³/mol. The van der Waals surface area contributed by atoms with Crippen molar-refractivity contribution in [2.75, 3.05) is 18.1 Å². The van der Waals surface area contributed by atoms with Crippen LogP contribution in [0.1, 0.15) is 19.8 Å². The van der Waals surface area contributed by atoms with Crippen molar-refractivity contribution in [1.29, 1.82) is 0 Å². The minimum atomic E-state index is -0.00694. The molecule has 0 N–H and O–H groups in total. The molecular weight excluding hydrogens is 320 g/mol. The summed E-state index contributed by atoms with van der Waals surface area (Å²) >= 11 is 7.38. The van der Waals surface area contributed by atoms with Crippen LogP contribution in [0, 0.1) is 0 Å². The topological polar surface area (TPSA) is 42.4 Å². The van der Waals surface area contributed by atoms with E-state index in [2.05, 4.69) is 4.98 Å². The molecular formula is C16H17ClN2O2S. The zero-order valence-electron chi connectivity index (χ0n) is 12.3. The number of hydrogen-bond acceptors (Lipinski definition) is 4. The van der Waals surface area contributed by atoms with Crippen LogP contribution in [0.15, 0.2) is 29.6 Å². The largest absolute Gasteiger partial charge is 0.376 e. The predicted octanol–water partition coefficient (Wildman–Crippen LogP) is 4.00. The maximum Gasteiger partial charge on any atom is 0.225 e. The first-order chi connectivity index (χ1) is 10.6. The van der Waals surface area contributed by atoms with Crippen molar-refractivity contribution in [3.05, 3.63) is 34.7 Å². The number of carbonyl (C=O) groups is 1. The zero-order valence-corrected chi connectivity index (χ0v) is 13.9. The Kier molecular flexibility index (Phi) is 4.76. The van der Waals surface area contributed by atoms with Gasteiger partial charge in [0.05, 0.1) is 18.3 Å². The van der Waals surface area contributed by atoms with Gasteiger partial charge in [-0.3, -0.25) is 9.69 Å². The highest BCUT2D eigenvalue weighted by atomic mass is 35.5. The molecule has 1 fully saturated rings. The van der Waals surface area contributed by atoms with Gasteiger partial charge in [0.15, 0.2) is 5.13 Å². The molecule has 1 aromatic carbocycles. The van der Waals surface area contributed by atoms with Crippen LogP contribution in [0.5, 0.6) is 0 Å². The summed E-state index contributed by atoms with van der Waals surface area (Å²) in [6.45, 7) is 2.92. The van der Waals surface area contributed by atoms with Crippen molar-refractivity contribution >= 4 is 34.0 Å². The Morgan fingerprint density at radius 1 is 1.45 bits per heavy atom. The van der Waals surface area contributed by atoms with Gasteiger partial charge in [-0.1, -0.05) is 23.7 Å². The van der Waals surface area contributed by atoms with Crippen LogP contribution in [0.3, 0.4) is 0 Å². The van der Waals surface area contributed by atoms with Crippen molar-refractivity contribution in [2.24, 2.45) is 0 Å². The second-order valence-electron chi connectivity index (χ2n) is 5.29. The number of thiazole rings is 1. The van der Waals surface area contributed by atoms with E-state index in [1.165, 1.54) is 11.3 Å². The molecule has 2 heterocycles. The van der Waals surface area contributed by atoms with Crippen LogP contribution in [-0.4, -0.2) is 30.1 Å². The van der Waals surface area contributed by atoms with E-state index in [4.69, 9.17) is 16.3 Å². The quantitative estimate of drug-likeness (QED) is 0.847. The maximum absolute atomic E-state index is 11.9. The van der Waals surface area contributed by atoms with Gasteiger partial charge in [-0.05, 0) is 25.0 Å². The summed E-state index contributed by atoms with van der Waals surface area (Å²) in [5.74, 6) is -0.00694. The Morgan fingerprint density at radius 3 is 2.86 bits per heavy atom. The number of halogens is 1. The zero-order chi connectivity index (χ0) is 15.5. The van der Waals surface area contributed by atoms with Crippen molar-refractivity contribution < 1.29 is 9.53 Å². The molecule has 116 valence electrons. The monoisotopic (exact) mass is 336 g/mol. The van der Waals surface area contributed by atoms with Crippen molar-refractivity contribution in [1.82, 2.24) is 4.98 Å². The third kappa shape index (κ3) is 3.48. The first-order valence-electron chi connectivity index (χ1n) is 7.24. The molecule has 1 unspecified atom stereocenters. The van der Waals surface area contributed by atoms with Gasteiger partial charge in [-0.15, -0.1) is 11.3 Å². The lowest BCUT2D eigenvalue weighted by molar-refractivity contribution is -0.116. The van der Waals surface area contributed by atoms with Gasteiger partial charge in [0.2, 0.25) is 5.91 Å². The average Bonchev–Trinajstić information content (AvgIpc) is 3.17. The van der Waals surface area contributed by atoms with Gasteiger partial charge in [-0.25, -0.2) is 4.98 Å². The summed E-state index contributed by atoms with van der Waals surface area (Å²) in [4.78, 5) is 18.2. The van der Waals surface area contributed by atoms with Gasteiger partial charge in [-0.2, -0.15) is 0 Å². The molecule has 1 aromatic heterocycles. The number of ether oxygens (including phenoxy) is 1. The lowest BCUT2D eigenvalue weighted by Crippen LogP contribution is -2.35. The molecule has 1 saturated heterocycles. The highest BCUT2D eigenvalue weighted by Gasteiger charge is 2.23. The number of aromatic nitrogens is 1. The molecule has 0 saturated carbocycles. The number of hydrogen-bond donors (Lipinski definition) is 0. The number of carbonyl (C=O) groups excluding carboxylic acids is 1. The van der Waals surface area contributed by atoms with E-state index in [0.717, 1.165) is 30.7 Å². The molecule has 2 aromatic rings. The summed E-state index contributed by atoms with van der Waals surface area (Å²) in [6, 6.07) is 7.54. The van der Waals surface area contributed by atoms with Crippen molar-refractivity contribution in [3.63, 3.8) is 0 Å². The molecule has 4 nitrogen and oxygen atoms in total. The van der Waals surface area contributed by atoms with Crippen LogP contribution in [0.4, 0.5) is 5.13 Å². The lowest BCUT2D eigenvalue weighted by atomic mass is 10.2. The second kappa shape index (κ2) is 6.77. The Labute approximate surface area is 138 Å². The number of benzene rings is 1. The van der Waals surface area contributed by atoms with E-state index in [0.29, 0.717) is 16.7 Å². The Hall–Kier alpha value is -1.43. The molecule has 3 rings (SSSR count). The van der Waals surface area contributed by atoms with Gasteiger partial charge >= 0.3 is 0 Å². The number of rotatable bonds is 4. The van der Waals surface area contributed by atoms with Crippen molar-refractivity contribution in [3.8, 4) is 11.3 Å². The number of amides is 1. The summed E-state index contributed by atoms with van der Waals surface area (Å²) < 4.78 is 5.63. The molecule has 1 aliphatic rings. The van der Waals surface area contributed by atoms with Crippen LogP contribution in [0.25, 0.3) is 11.3 Å². The van der Waals surface area contributed by atoms with Gasteiger partial charge in [0, 0.05) is 29.5 Å². The molecule has 1 aliphatic heterocycles. The minimum absolute atomic E-state index is 0.00694. The van der Waals surface area contributed by atoms with Gasteiger partial charge < -0.3 is 4.74 Å². The molecule has 6 heteroatoms.